The van der Waals surface area contributed by atoms with Crippen molar-refractivity contribution in [1.29, 1.82) is 0 Å². The first kappa shape index (κ1) is 15.6. The second kappa shape index (κ2) is 5.88. The van der Waals surface area contributed by atoms with E-state index >= 15 is 0 Å². The van der Waals surface area contributed by atoms with Crippen molar-refractivity contribution in [2.45, 2.75) is 71.8 Å². The van der Waals surface area contributed by atoms with Crippen LogP contribution in [0.3, 0.4) is 0 Å². The molecule has 112 valence electrons. The Morgan fingerprint density at radius 1 is 1.10 bits per heavy atom. The highest BCUT2D eigenvalue weighted by Gasteiger charge is 2.23. The number of hydrogen-bond acceptors (Lipinski definition) is 3. The first-order valence-corrected chi connectivity index (χ1v) is 7.96. The molecule has 1 N–H and O–H groups in total. The summed E-state index contributed by atoms with van der Waals surface area (Å²) in [6.07, 6.45) is 5.02. The maximum atomic E-state index is 6.27. The van der Waals surface area contributed by atoms with Gasteiger partial charge in [0.2, 0.25) is 0 Å². The number of hydrogen-bond donors (Lipinski definition) is 1. The van der Waals surface area contributed by atoms with Crippen molar-refractivity contribution >= 4 is 17.4 Å². The number of halogens is 1. The van der Waals surface area contributed by atoms with E-state index in [0.29, 0.717) is 11.2 Å². The van der Waals surface area contributed by atoms with Gasteiger partial charge in [0.15, 0.2) is 0 Å². The molecule has 1 aromatic rings. The summed E-state index contributed by atoms with van der Waals surface area (Å²) in [7, 11) is 0. The van der Waals surface area contributed by atoms with E-state index in [0.717, 1.165) is 23.1 Å². The van der Waals surface area contributed by atoms with Crippen LogP contribution in [0.4, 0.5) is 5.82 Å². The lowest BCUT2D eigenvalue weighted by atomic mass is 9.87. The molecule has 4 heteroatoms. The number of aromatic nitrogens is 2. The standard InChI is InChI=1S/C16H26ClN3/c1-10-6-8-12(9-7-10)18-14-11(2)13(17)19-15(20-14)16(3,4)5/h10,12H,6-9H2,1-5H3,(H,18,19,20). The number of anilines is 1. The predicted octanol–water partition coefficient (Wildman–Crippen LogP) is 4.73. The van der Waals surface area contributed by atoms with E-state index in [9.17, 15) is 0 Å². The van der Waals surface area contributed by atoms with Gasteiger partial charge in [-0.3, -0.25) is 0 Å². The molecule has 2 rings (SSSR count). The van der Waals surface area contributed by atoms with Crippen LogP contribution in [-0.4, -0.2) is 16.0 Å². The van der Waals surface area contributed by atoms with Gasteiger partial charge in [-0.15, -0.1) is 0 Å². The van der Waals surface area contributed by atoms with Gasteiger partial charge in [-0.1, -0.05) is 39.3 Å². The van der Waals surface area contributed by atoms with E-state index in [2.05, 4.69) is 38.0 Å². The van der Waals surface area contributed by atoms with Crippen molar-refractivity contribution in [1.82, 2.24) is 9.97 Å². The van der Waals surface area contributed by atoms with Gasteiger partial charge in [0.05, 0.1) is 0 Å². The van der Waals surface area contributed by atoms with Gasteiger partial charge in [0.25, 0.3) is 0 Å². The topological polar surface area (TPSA) is 37.8 Å². The summed E-state index contributed by atoms with van der Waals surface area (Å²) in [5.41, 5.74) is 0.868. The highest BCUT2D eigenvalue weighted by Crippen LogP contribution is 2.29. The van der Waals surface area contributed by atoms with Gasteiger partial charge in [0, 0.05) is 17.0 Å². The monoisotopic (exact) mass is 295 g/mol. The minimum Gasteiger partial charge on any atom is -0.367 e. The Balaban J connectivity index is 2.20. The lowest BCUT2D eigenvalue weighted by molar-refractivity contribution is 0.360. The van der Waals surface area contributed by atoms with E-state index in [1.54, 1.807) is 0 Å². The van der Waals surface area contributed by atoms with Gasteiger partial charge in [-0.05, 0) is 38.5 Å². The van der Waals surface area contributed by atoms with Crippen LogP contribution in [0.1, 0.15) is 64.8 Å². The number of nitrogens with one attached hydrogen (secondary N) is 1. The molecule has 1 aliphatic carbocycles. The molecule has 0 unspecified atom stereocenters. The third-order valence-electron chi connectivity index (χ3n) is 4.11. The minimum absolute atomic E-state index is 0.0884. The van der Waals surface area contributed by atoms with Crippen LogP contribution >= 0.6 is 11.6 Å². The molecule has 0 aliphatic heterocycles. The van der Waals surface area contributed by atoms with Crippen molar-refractivity contribution in [3.05, 3.63) is 16.5 Å². The normalized spacial score (nSPS) is 23.7. The molecule has 1 aliphatic rings. The summed E-state index contributed by atoms with van der Waals surface area (Å²) in [5, 5.41) is 4.15. The van der Waals surface area contributed by atoms with Crippen LogP contribution in [0.2, 0.25) is 5.15 Å². The maximum Gasteiger partial charge on any atom is 0.137 e. The van der Waals surface area contributed by atoms with Crippen LogP contribution in [0.15, 0.2) is 0 Å². The van der Waals surface area contributed by atoms with Crippen LogP contribution in [0.25, 0.3) is 0 Å². The van der Waals surface area contributed by atoms with Crippen LogP contribution in [0.5, 0.6) is 0 Å². The van der Waals surface area contributed by atoms with Gasteiger partial charge >= 0.3 is 0 Å². The smallest absolute Gasteiger partial charge is 0.137 e. The summed E-state index contributed by atoms with van der Waals surface area (Å²) in [6.45, 7) is 10.7. The van der Waals surface area contributed by atoms with Crippen molar-refractivity contribution in [2.24, 2.45) is 5.92 Å². The van der Waals surface area contributed by atoms with Gasteiger partial charge in [-0.2, -0.15) is 0 Å². The molecule has 0 atom stereocenters. The minimum atomic E-state index is -0.0884. The zero-order valence-corrected chi connectivity index (χ0v) is 14.0. The molecule has 20 heavy (non-hydrogen) atoms. The first-order valence-electron chi connectivity index (χ1n) is 7.58. The molecule has 3 nitrogen and oxygen atoms in total. The van der Waals surface area contributed by atoms with Crippen LogP contribution in [-0.2, 0) is 5.41 Å². The molecule has 1 heterocycles. The van der Waals surface area contributed by atoms with E-state index in [1.165, 1.54) is 25.7 Å². The molecular formula is C16H26ClN3. The Bertz CT molecular complexity index is 471. The fourth-order valence-corrected chi connectivity index (χ4v) is 2.73. The zero-order valence-electron chi connectivity index (χ0n) is 13.3. The Morgan fingerprint density at radius 2 is 1.70 bits per heavy atom. The van der Waals surface area contributed by atoms with Crippen LogP contribution < -0.4 is 5.32 Å². The summed E-state index contributed by atoms with van der Waals surface area (Å²) in [4.78, 5) is 9.13. The van der Waals surface area contributed by atoms with Gasteiger partial charge in [-0.25, -0.2) is 9.97 Å². The van der Waals surface area contributed by atoms with E-state index < -0.39 is 0 Å². The third-order valence-corrected chi connectivity index (χ3v) is 4.48. The summed E-state index contributed by atoms with van der Waals surface area (Å²) in [5.74, 6) is 2.57. The molecule has 0 radical (unpaired) electrons. The quantitative estimate of drug-likeness (QED) is 0.802. The molecule has 1 fully saturated rings. The summed E-state index contributed by atoms with van der Waals surface area (Å²) in [6, 6.07) is 0.517. The van der Waals surface area contributed by atoms with Crippen molar-refractivity contribution in [3.8, 4) is 0 Å². The van der Waals surface area contributed by atoms with Gasteiger partial charge < -0.3 is 5.32 Å². The zero-order chi connectivity index (χ0) is 14.9. The predicted molar refractivity (Wildman–Crippen MR) is 85.5 cm³/mol. The molecule has 0 amide bonds. The fraction of sp³-hybridized carbons (Fsp3) is 0.750. The van der Waals surface area contributed by atoms with Crippen molar-refractivity contribution in [2.75, 3.05) is 5.32 Å². The molecule has 0 aromatic carbocycles. The molecule has 1 saturated carbocycles. The van der Waals surface area contributed by atoms with E-state index in [1.807, 2.05) is 6.92 Å². The Hall–Kier alpha value is -0.830. The molecule has 0 bridgehead atoms. The Labute approximate surface area is 127 Å². The molecule has 0 spiro atoms. The first-order chi connectivity index (χ1) is 9.27. The lowest BCUT2D eigenvalue weighted by Crippen LogP contribution is -2.27. The average Bonchev–Trinajstić information content (AvgIpc) is 2.36. The number of rotatable bonds is 2. The van der Waals surface area contributed by atoms with E-state index in [4.69, 9.17) is 16.6 Å². The van der Waals surface area contributed by atoms with Crippen molar-refractivity contribution < 1.29 is 0 Å². The second-order valence-electron chi connectivity index (χ2n) is 7.16. The number of nitrogens with zero attached hydrogens (tertiary/aromatic N) is 2. The second-order valence-corrected chi connectivity index (χ2v) is 7.52. The Morgan fingerprint density at radius 3 is 2.25 bits per heavy atom. The molecule has 0 saturated heterocycles. The summed E-state index contributed by atoms with van der Waals surface area (Å²) >= 11 is 6.27. The van der Waals surface area contributed by atoms with E-state index in [-0.39, 0.29) is 5.41 Å². The Kier molecular flexibility index (Phi) is 4.58. The average molecular weight is 296 g/mol. The molecular weight excluding hydrogens is 270 g/mol. The molecule has 1 aromatic heterocycles. The highest BCUT2D eigenvalue weighted by molar-refractivity contribution is 6.30. The van der Waals surface area contributed by atoms with Crippen LogP contribution in [0, 0.1) is 12.8 Å². The highest BCUT2D eigenvalue weighted by atomic mass is 35.5. The fourth-order valence-electron chi connectivity index (χ4n) is 2.56. The SMILES string of the molecule is Cc1c(Cl)nc(C(C)(C)C)nc1NC1CCC(C)CC1. The van der Waals surface area contributed by atoms with Crippen molar-refractivity contribution in [3.63, 3.8) is 0 Å². The van der Waals surface area contributed by atoms with Gasteiger partial charge in [0.1, 0.15) is 16.8 Å². The maximum absolute atomic E-state index is 6.27. The summed E-state index contributed by atoms with van der Waals surface area (Å²) < 4.78 is 0. The lowest BCUT2D eigenvalue weighted by Gasteiger charge is -2.28. The largest absolute Gasteiger partial charge is 0.367 e. The third kappa shape index (κ3) is 3.63.